The van der Waals surface area contributed by atoms with Crippen molar-refractivity contribution in [3.8, 4) is 5.82 Å². The summed E-state index contributed by atoms with van der Waals surface area (Å²) in [5, 5.41) is 7.23. The standard InChI is InChI=1S/C29H29ClN6O2S/c1-17-8-7-13-32-28(17)35-18(2)14-21(19(35)3)27-26(24-9-5-6-12-31-24)34-29(39)36(27)20-10-11-23(22(30)15-20)33-25(37)16-38-4/h5-15,26-27H,16H2,1-4H3,(H,33,37)(H,34,39)/t26-,27-/m0/s1. The third-order valence-electron chi connectivity index (χ3n) is 6.86. The largest absolute Gasteiger partial charge is 0.375 e. The predicted octanol–water partition coefficient (Wildman–Crippen LogP) is 5.61. The predicted molar refractivity (Wildman–Crippen MR) is 158 cm³/mol. The van der Waals surface area contributed by atoms with Crippen molar-refractivity contribution in [2.75, 3.05) is 23.9 Å². The van der Waals surface area contributed by atoms with Crippen molar-refractivity contribution < 1.29 is 9.53 Å². The van der Waals surface area contributed by atoms with Gasteiger partial charge in [0, 0.05) is 36.6 Å². The van der Waals surface area contributed by atoms with E-state index in [1.54, 1.807) is 12.3 Å². The highest BCUT2D eigenvalue weighted by molar-refractivity contribution is 7.80. The molecule has 5 rings (SSSR count). The van der Waals surface area contributed by atoms with E-state index in [0.29, 0.717) is 15.8 Å². The highest BCUT2D eigenvalue weighted by atomic mass is 35.5. The molecule has 1 amide bonds. The normalized spacial score (nSPS) is 16.8. The van der Waals surface area contributed by atoms with Gasteiger partial charge >= 0.3 is 0 Å². The van der Waals surface area contributed by atoms with Gasteiger partial charge in [0.1, 0.15) is 12.4 Å². The van der Waals surface area contributed by atoms with Crippen LogP contribution in [0.25, 0.3) is 5.82 Å². The fourth-order valence-electron chi connectivity index (χ4n) is 5.15. The summed E-state index contributed by atoms with van der Waals surface area (Å²) in [5.41, 5.74) is 6.48. The Morgan fingerprint density at radius 1 is 1.10 bits per heavy atom. The molecule has 0 radical (unpaired) electrons. The number of ether oxygens (including phenoxy) is 1. The Hall–Kier alpha value is -3.79. The van der Waals surface area contributed by atoms with Crippen LogP contribution in [0.4, 0.5) is 11.4 Å². The van der Waals surface area contributed by atoms with E-state index in [-0.39, 0.29) is 24.6 Å². The van der Waals surface area contributed by atoms with Gasteiger partial charge in [-0.25, -0.2) is 4.98 Å². The average Bonchev–Trinajstić information content (AvgIpc) is 3.41. The Morgan fingerprint density at radius 2 is 1.90 bits per heavy atom. The molecule has 1 aromatic carbocycles. The van der Waals surface area contributed by atoms with Crippen LogP contribution in [0.15, 0.2) is 67.0 Å². The molecule has 0 saturated carbocycles. The third kappa shape index (κ3) is 5.13. The van der Waals surface area contributed by atoms with Crippen molar-refractivity contribution in [1.82, 2.24) is 19.9 Å². The number of carbonyl (C=O) groups is 1. The Bertz CT molecular complexity index is 1540. The number of carbonyl (C=O) groups excluding carboxylic acids is 1. The second-order valence-corrected chi connectivity index (χ2v) is 10.2. The number of rotatable bonds is 7. The number of hydrogen-bond acceptors (Lipinski definition) is 5. The number of aromatic nitrogens is 3. The lowest BCUT2D eigenvalue weighted by molar-refractivity contribution is -0.119. The minimum atomic E-state index is -0.282. The third-order valence-corrected chi connectivity index (χ3v) is 7.49. The van der Waals surface area contributed by atoms with E-state index < -0.39 is 0 Å². The van der Waals surface area contributed by atoms with Crippen LogP contribution in [-0.2, 0) is 9.53 Å². The monoisotopic (exact) mass is 560 g/mol. The summed E-state index contributed by atoms with van der Waals surface area (Å²) < 4.78 is 7.09. The smallest absolute Gasteiger partial charge is 0.250 e. The molecule has 2 N–H and O–H groups in total. The lowest BCUT2D eigenvalue weighted by atomic mass is 9.96. The molecule has 4 aromatic rings. The minimum absolute atomic E-state index is 0.0581. The zero-order chi connectivity index (χ0) is 27.7. The number of methoxy groups -OCH3 is 1. The number of pyridine rings is 2. The molecule has 4 heterocycles. The van der Waals surface area contributed by atoms with E-state index in [1.807, 2.05) is 42.6 Å². The maximum Gasteiger partial charge on any atom is 0.250 e. The number of nitrogens with one attached hydrogen (secondary N) is 2. The SMILES string of the molecule is COCC(=O)Nc1ccc(N2C(=S)N[C@@H](c3ccccn3)[C@@H]2c2cc(C)n(-c3ncccc3C)c2C)cc1Cl. The Morgan fingerprint density at radius 3 is 2.59 bits per heavy atom. The quantitative estimate of drug-likeness (QED) is 0.284. The topological polar surface area (TPSA) is 84.3 Å². The number of benzene rings is 1. The number of anilines is 2. The molecular weight excluding hydrogens is 532 g/mol. The number of thiocarbonyl (C=S) groups is 1. The maximum atomic E-state index is 12.1. The van der Waals surface area contributed by atoms with Crippen LogP contribution >= 0.6 is 23.8 Å². The molecule has 0 aliphatic carbocycles. The summed E-state index contributed by atoms with van der Waals surface area (Å²) in [6.07, 6.45) is 3.60. The fraction of sp³-hybridized carbons (Fsp3) is 0.241. The first-order chi connectivity index (χ1) is 18.8. The summed E-state index contributed by atoms with van der Waals surface area (Å²) in [4.78, 5) is 23.5. The lowest BCUT2D eigenvalue weighted by Gasteiger charge is -2.28. The zero-order valence-corrected chi connectivity index (χ0v) is 23.7. The van der Waals surface area contributed by atoms with Gasteiger partial charge in [0.05, 0.1) is 28.5 Å². The van der Waals surface area contributed by atoms with Crippen LogP contribution in [0.5, 0.6) is 0 Å². The van der Waals surface area contributed by atoms with Gasteiger partial charge in [-0.05, 0) is 86.6 Å². The Kier molecular flexibility index (Phi) is 7.65. The second kappa shape index (κ2) is 11.1. The van der Waals surface area contributed by atoms with Gasteiger partial charge in [-0.2, -0.15) is 0 Å². The van der Waals surface area contributed by atoms with Gasteiger partial charge in [-0.3, -0.25) is 9.78 Å². The Balaban J connectivity index is 1.62. The van der Waals surface area contributed by atoms with Crippen molar-refractivity contribution in [2.24, 2.45) is 0 Å². The second-order valence-electron chi connectivity index (χ2n) is 9.45. The van der Waals surface area contributed by atoms with Crippen molar-refractivity contribution in [3.05, 3.63) is 100 Å². The number of aryl methyl sites for hydroxylation is 2. The van der Waals surface area contributed by atoms with Gasteiger partial charge in [0.2, 0.25) is 5.91 Å². The molecule has 10 heteroatoms. The number of halogens is 1. The first-order valence-corrected chi connectivity index (χ1v) is 13.3. The first-order valence-electron chi connectivity index (χ1n) is 12.5. The van der Waals surface area contributed by atoms with E-state index in [1.165, 1.54) is 7.11 Å². The molecule has 1 fully saturated rings. The van der Waals surface area contributed by atoms with E-state index in [0.717, 1.165) is 39.7 Å². The van der Waals surface area contributed by atoms with Gasteiger partial charge < -0.3 is 24.8 Å². The van der Waals surface area contributed by atoms with Crippen LogP contribution in [0, 0.1) is 20.8 Å². The molecule has 3 aromatic heterocycles. The number of amides is 1. The molecule has 2 atom stereocenters. The molecule has 1 saturated heterocycles. The van der Waals surface area contributed by atoms with Crippen LogP contribution in [0.1, 0.15) is 40.3 Å². The van der Waals surface area contributed by atoms with Gasteiger partial charge in [0.15, 0.2) is 5.11 Å². The van der Waals surface area contributed by atoms with Crippen LogP contribution in [0.3, 0.4) is 0 Å². The molecule has 200 valence electrons. The fourth-order valence-corrected chi connectivity index (χ4v) is 5.71. The summed E-state index contributed by atoms with van der Waals surface area (Å²) in [5.74, 6) is 0.614. The summed E-state index contributed by atoms with van der Waals surface area (Å²) >= 11 is 12.5. The molecule has 0 bridgehead atoms. The zero-order valence-electron chi connectivity index (χ0n) is 22.1. The lowest BCUT2D eigenvalue weighted by Crippen LogP contribution is -2.29. The average molecular weight is 561 g/mol. The Labute approximate surface area is 238 Å². The molecule has 8 nitrogen and oxygen atoms in total. The molecule has 0 spiro atoms. The highest BCUT2D eigenvalue weighted by Gasteiger charge is 2.42. The summed E-state index contributed by atoms with van der Waals surface area (Å²) in [6, 6.07) is 17.1. The van der Waals surface area contributed by atoms with Crippen molar-refractivity contribution in [1.29, 1.82) is 0 Å². The summed E-state index contributed by atoms with van der Waals surface area (Å²) in [6.45, 7) is 6.19. The van der Waals surface area contributed by atoms with Gasteiger partial charge in [-0.15, -0.1) is 0 Å². The molecule has 39 heavy (non-hydrogen) atoms. The highest BCUT2D eigenvalue weighted by Crippen LogP contribution is 2.44. The van der Waals surface area contributed by atoms with Crippen LogP contribution in [0.2, 0.25) is 5.02 Å². The maximum absolute atomic E-state index is 12.1. The minimum Gasteiger partial charge on any atom is -0.375 e. The number of hydrogen-bond donors (Lipinski definition) is 2. The van der Waals surface area contributed by atoms with E-state index in [2.05, 4.69) is 63.0 Å². The van der Waals surface area contributed by atoms with E-state index in [4.69, 9.17) is 28.6 Å². The molecule has 1 aliphatic rings. The van der Waals surface area contributed by atoms with Gasteiger partial charge in [-0.1, -0.05) is 23.7 Å². The van der Waals surface area contributed by atoms with Gasteiger partial charge in [0.25, 0.3) is 0 Å². The van der Waals surface area contributed by atoms with Crippen molar-refractivity contribution in [3.63, 3.8) is 0 Å². The first kappa shape index (κ1) is 26.8. The van der Waals surface area contributed by atoms with E-state index >= 15 is 0 Å². The van der Waals surface area contributed by atoms with Crippen LogP contribution < -0.4 is 15.5 Å². The number of nitrogens with zero attached hydrogens (tertiary/aromatic N) is 4. The van der Waals surface area contributed by atoms with Crippen molar-refractivity contribution in [2.45, 2.75) is 32.9 Å². The van der Waals surface area contributed by atoms with Crippen molar-refractivity contribution >= 4 is 46.2 Å². The molecular formula is C29H29ClN6O2S. The van der Waals surface area contributed by atoms with Crippen LogP contribution in [-0.4, -0.2) is 39.3 Å². The van der Waals surface area contributed by atoms with E-state index in [9.17, 15) is 4.79 Å². The molecule has 0 unspecified atom stereocenters. The molecule has 1 aliphatic heterocycles. The summed E-state index contributed by atoms with van der Waals surface area (Å²) in [7, 11) is 1.47.